The van der Waals surface area contributed by atoms with E-state index in [1.165, 1.54) is 17.3 Å². The molecule has 1 unspecified atom stereocenters. The summed E-state index contributed by atoms with van der Waals surface area (Å²) in [7, 11) is 1.59. The Morgan fingerprint density at radius 3 is 3.07 bits per heavy atom. The van der Waals surface area contributed by atoms with E-state index in [9.17, 15) is 10.1 Å². The molecule has 1 atom stereocenters. The molecule has 5 nitrogen and oxygen atoms in total. The number of pyridine rings is 1. The van der Waals surface area contributed by atoms with Crippen LogP contribution >= 0.6 is 11.8 Å². The molecule has 0 fully saturated rings. The third-order valence-electron chi connectivity index (χ3n) is 4.64. The van der Waals surface area contributed by atoms with Crippen LogP contribution in [0, 0.1) is 17.2 Å². The van der Waals surface area contributed by atoms with Crippen molar-refractivity contribution in [3.63, 3.8) is 0 Å². The normalized spacial score (nSPS) is 15.5. The Hall–Kier alpha value is -2.52. The zero-order valence-electron chi connectivity index (χ0n) is 15.6. The number of aryl methyl sites for hydroxylation is 1. The van der Waals surface area contributed by atoms with Gasteiger partial charge in [-0.1, -0.05) is 13.0 Å². The third kappa shape index (κ3) is 5.01. The van der Waals surface area contributed by atoms with Gasteiger partial charge in [0.25, 0.3) is 0 Å². The second-order valence-corrected chi connectivity index (χ2v) is 7.87. The van der Waals surface area contributed by atoms with Crippen molar-refractivity contribution in [2.45, 2.75) is 37.6 Å². The Morgan fingerprint density at radius 1 is 1.44 bits per heavy atom. The summed E-state index contributed by atoms with van der Waals surface area (Å²) in [4.78, 5) is 16.9. The highest BCUT2D eigenvalue weighted by Gasteiger charge is 2.19. The molecular weight excluding hydrogens is 358 g/mol. The molecule has 1 heterocycles. The maximum Gasteiger partial charge on any atom is 0.225 e. The van der Waals surface area contributed by atoms with Crippen LogP contribution in [-0.4, -0.2) is 23.8 Å². The topological polar surface area (TPSA) is 75.0 Å². The highest BCUT2D eigenvalue weighted by Crippen LogP contribution is 2.29. The van der Waals surface area contributed by atoms with Crippen molar-refractivity contribution >= 4 is 23.4 Å². The summed E-state index contributed by atoms with van der Waals surface area (Å²) in [6, 6.07) is 11.5. The number of hydrogen-bond acceptors (Lipinski definition) is 5. The zero-order valence-corrected chi connectivity index (χ0v) is 16.4. The number of carbonyl (C=O) groups is 1. The molecule has 0 spiro atoms. The predicted molar refractivity (Wildman–Crippen MR) is 107 cm³/mol. The van der Waals surface area contributed by atoms with Crippen molar-refractivity contribution in [1.82, 2.24) is 4.98 Å². The van der Waals surface area contributed by atoms with Crippen LogP contribution in [0.1, 0.15) is 36.6 Å². The van der Waals surface area contributed by atoms with Gasteiger partial charge in [0.2, 0.25) is 5.91 Å². The molecule has 0 saturated heterocycles. The van der Waals surface area contributed by atoms with Gasteiger partial charge in [0.1, 0.15) is 16.8 Å². The minimum atomic E-state index is -0.0685. The van der Waals surface area contributed by atoms with E-state index in [1.54, 1.807) is 13.2 Å². The molecular formula is C21H23N3O2S. The predicted octanol–water partition coefficient (Wildman–Crippen LogP) is 4.21. The third-order valence-corrected chi connectivity index (χ3v) is 5.63. The number of benzene rings is 1. The fraction of sp³-hybridized carbons (Fsp3) is 0.381. The number of ether oxygens (including phenoxy) is 1. The van der Waals surface area contributed by atoms with Crippen LogP contribution in [0.4, 0.5) is 5.69 Å². The first-order valence-corrected chi connectivity index (χ1v) is 10.1. The van der Waals surface area contributed by atoms with E-state index in [1.807, 2.05) is 24.3 Å². The van der Waals surface area contributed by atoms with Gasteiger partial charge in [-0.25, -0.2) is 4.98 Å². The number of nitriles is 1. The second-order valence-electron chi connectivity index (χ2n) is 6.79. The lowest BCUT2D eigenvalue weighted by Gasteiger charge is -2.21. The van der Waals surface area contributed by atoms with Crippen LogP contribution in [0.3, 0.4) is 0 Å². The Balaban J connectivity index is 1.58. The average molecular weight is 382 g/mol. The van der Waals surface area contributed by atoms with E-state index in [-0.39, 0.29) is 5.91 Å². The van der Waals surface area contributed by atoms with E-state index in [2.05, 4.69) is 18.3 Å². The van der Waals surface area contributed by atoms with Crippen LogP contribution in [0.5, 0.6) is 5.75 Å². The fourth-order valence-electron chi connectivity index (χ4n) is 3.18. The minimum Gasteiger partial charge on any atom is -0.497 e. The van der Waals surface area contributed by atoms with Gasteiger partial charge in [-0.3, -0.25) is 4.79 Å². The molecule has 0 saturated carbocycles. The molecule has 2 aromatic rings. The van der Waals surface area contributed by atoms with E-state index in [0.29, 0.717) is 35.1 Å². The summed E-state index contributed by atoms with van der Waals surface area (Å²) in [5.74, 6) is 1.85. The summed E-state index contributed by atoms with van der Waals surface area (Å²) >= 11 is 1.47. The van der Waals surface area contributed by atoms with Gasteiger partial charge in [0, 0.05) is 29.6 Å². The summed E-state index contributed by atoms with van der Waals surface area (Å²) in [6.07, 6.45) is 3.44. The Kier molecular flexibility index (Phi) is 6.36. The van der Waals surface area contributed by atoms with E-state index >= 15 is 0 Å². The fourth-order valence-corrected chi connectivity index (χ4v) is 4.10. The van der Waals surface area contributed by atoms with Gasteiger partial charge < -0.3 is 10.1 Å². The summed E-state index contributed by atoms with van der Waals surface area (Å²) in [5, 5.41) is 13.0. The number of nitrogens with zero attached hydrogens (tertiary/aromatic N) is 2. The van der Waals surface area contributed by atoms with Crippen molar-refractivity contribution in [2.75, 3.05) is 18.2 Å². The van der Waals surface area contributed by atoms with Gasteiger partial charge in [-0.15, -0.1) is 11.8 Å². The molecule has 1 aromatic heterocycles. The number of carbonyl (C=O) groups excluding carboxylic acids is 1. The zero-order chi connectivity index (χ0) is 19.2. The highest BCUT2D eigenvalue weighted by atomic mass is 32.2. The van der Waals surface area contributed by atoms with Crippen molar-refractivity contribution in [1.29, 1.82) is 5.26 Å². The monoisotopic (exact) mass is 381 g/mol. The van der Waals surface area contributed by atoms with Crippen molar-refractivity contribution < 1.29 is 9.53 Å². The Morgan fingerprint density at radius 2 is 2.30 bits per heavy atom. The number of hydrogen-bond donors (Lipinski definition) is 1. The van der Waals surface area contributed by atoms with Gasteiger partial charge in [0.15, 0.2) is 0 Å². The molecule has 1 aliphatic carbocycles. The minimum absolute atomic E-state index is 0.0685. The number of nitrogens with one attached hydrogen (secondary N) is 1. The van der Waals surface area contributed by atoms with E-state index < -0.39 is 0 Å². The van der Waals surface area contributed by atoms with E-state index in [0.717, 1.165) is 30.0 Å². The molecule has 1 amide bonds. The smallest absolute Gasteiger partial charge is 0.225 e. The van der Waals surface area contributed by atoms with Gasteiger partial charge in [0.05, 0.1) is 12.7 Å². The number of thioether (sulfide) groups is 1. The maximum atomic E-state index is 12.2. The number of anilines is 1. The Bertz CT molecular complexity index is 876. The van der Waals surface area contributed by atoms with Crippen LogP contribution in [0.2, 0.25) is 0 Å². The SMILES string of the molecule is COc1cccc(NC(=O)CCSc2nc3c(cc2C#N)CC(C)CC3)c1. The number of methoxy groups -OCH3 is 1. The molecule has 140 valence electrons. The van der Waals surface area contributed by atoms with Crippen LogP contribution in [-0.2, 0) is 17.6 Å². The van der Waals surface area contributed by atoms with Crippen molar-refractivity contribution in [3.8, 4) is 11.8 Å². The first-order chi connectivity index (χ1) is 13.1. The van der Waals surface area contributed by atoms with Crippen LogP contribution in [0.15, 0.2) is 35.4 Å². The molecule has 0 aliphatic heterocycles. The lowest BCUT2D eigenvalue weighted by atomic mass is 9.87. The average Bonchev–Trinajstić information content (AvgIpc) is 2.67. The Labute approximate surface area is 164 Å². The first kappa shape index (κ1) is 19.2. The number of aromatic nitrogens is 1. The summed E-state index contributed by atoms with van der Waals surface area (Å²) < 4.78 is 5.16. The molecule has 3 rings (SSSR count). The molecule has 0 bridgehead atoms. The first-order valence-electron chi connectivity index (χ1n) is 9.08. The number of amides is 1. The van der Waals surface area contributed by atoms with Crippen LogP contribution in [0.25, 0.3) is 0 Å². The molecule has 27 heavy (non-hydrogen) atoms. The summed E-state index contributed by atoms with van der Waals surface area (Å²) in [6.45, 7) is 2.23. The van der Waals surface area contributed by atoms with Gasteiger partial charge in [-0.2, -0.15) is 5.26 Å². The lowest BCUT2D eigenvalue weighted by molar-refractivity contribution is -0.115. The summed E-state index contributed by atoms with van der Waals surface area (Å²) in [5.41, 5.74) is 3.63. The highest BCUT2D eigenvalue weighted by molar-refractivity contribution is 7.99. The van der Waals surface area contributed by atoms with Crippen LogP contribution < -0.4 is 10.1 Å². The molecule has 6 heteroatoms. The standard InChI is InChI=1S/C21H23N3O2S/c1-14-6-7-19-15(10-14)11-16(13-22)21(24-19)27-9-8-20(25)23-17-4-3-5-18(12-17)26-2/h3-5,11-12,14H,6-10H2,1-2H3,(H,23,25). The maximum absolute atomic E-state index is 12.2. The molecule has 1 aliphatic rings. The van der Waals surface area contributed by atoms with Gasteiger partial charge in [-0.05, 0) is 48.9 Å². The largest absolute Gasteiger partial charge is 0.497 e. The molecule has 0 radical (unpaired) electrons. The molecule has 1 N–H and O–H groups in total. The van der Waals surface area contributed by atoms with Crippen molar-refractivity contribution in [3.05, 3.63) is 47.2 Å². The van der Waals surface area contributed by atoms with Crippen molar-refractivity contribution in [2.24, 2.45) is 5.92 Å². The quantitative estimate of drug-likeness (QED) is 0.759. The second kappa shape index (κ2) is 8.92. The van der Waals surface area contributed by atoms with E-state index in [4.69, 9.17) is 9.72 Å². The lowest BCUT2D eigenvalue weighted by Crippen LogP contribution is -2.14. The van der Waals surface area contributed by atoms with Gasteiger partial charge >= 0.3 is 0 Å². The molecule has 1 aromatic carbocycles. The number of fused-ring (bicyclic) bond motifs is 1. The number of rotatable bonds is 6.